The first-order chi connectivity index (χ1) is 8.10. The van der Waals surface area contributed by atoms with Crippen LogP contribution in [0.1, 0.15) is 19.0 Å². The van der Waals surface area contributed by atoms with Crippen LogP contribution < -0.4 is 4.90 Å². The zero-order valence-electron chi connectivity index (χ0n) is 10.2. The average Bonchev–Trinajstić information content (AvgIpc) is 2.35. The third-order valence-electron chi connectivity index (χ3n) is 2.42. The van der Waals surface area contributed by atoms with Gasteiger partial charge in [0.05, 0.1) is 19.2 Å². The molecule has 1 aromatic heterocycles. The molecular weight excluding hydrogens is 225 g/mol. The number of aryl methyl sites for hydroxylation is 1. The zero-order valence-corrected chi connectivity index (χ0v) is 10.2. The SMILES string of the molecule is CCc1ncnc(N(C)CCC(=O)OC)c1F. The third kappa shape index (κ3) is 3.37. The van der Waals surface area contributed by atoms with E-state index in [1.165, 1.54) is 13.4 Å². The Balaban J connectivity index is 2.75. The molecule has 0 bridgehead atoms. The lowest BCUT2D eigenvalue weighted by molar-refractivity contribution is -0.140. The molecule has 0 atom stereocenters. The highest BCUT2D eigenvalue weighted by Gasteiger charge is 2.14. The van der Waals surface area contributed by atoms with Gasteiger partial charge in [-0.1, -0.05) is 6.92 Å². The summed E-state index contributed by atoms with van der Waals surface area (Å²) < 4.78 is 18.4. The maximum atomic E-state index is 13.8. The molecule has 0 radical (unpaired) electrons. The first-order valence-corrected chi connectivity index (χ1v) is 5.37. The molecule has 0 saturated heterocycles. The minimum absolute atomic E-state index is 0.192. The minimum atomic E-state index is -0.428. The van der Waals surface area contributed by atoms with Gasteiger partial charge in [-0.25, -0.2) is 14.4 Å². The lowest BCUT2D eigenvalue weighted by Gasteiger charge is -2.18. The molecule has 6 heteroatoms. The second kappa shape index (κ2) is 6.12. The number of hydrogen-bond donors (Lipinski definition) is 0. The van der Waals surface area contributed by atoms with Crippen LogP contribution in [-0.2, 0) is 16.0 Å². The van der Waals surface area contributed by atoms with E-state index in [0.717, 1.165) is 0 Å². The number of halogens is 1. The van der Waals surface area contributed by atoms with Crippen LogP contribution in [-0.4, -0.2) is 36.6 Å². The highest BCUT2D eigenvalue weighted by Crippen LogP contribution is 2.16. The van der Waals surface area contributed by atoms with Crippen molar-refractivity contribution in [2.75, 3.05) is 25.6 Å². The van der Waals surface area contributed by atoms with E-state index >= 15 is 0 Å². The van der Waals surface area contributed by atoms with E-state index in [1.54, 1.807) is 11.9 Å². The van der Waals surface area contributed by atoms with Gasteiger partial charge in [0.25, 0.3) is 0 Å². The number of esters is 1. The van der Waals surface area contributed by atoms with Gasteiger partial charge in [-0.3, -0.25) is 4.79 Å². The number of carbonyl (C=O) groups is 1. The van der Waals surface area contributed by atoms with Gasteiger partial charge >= 0.3 is 5.97 Å². The van der Waals surface area contributed by atoms with Crippen LogP contribution in [0.5, 0.6) is 0 Å². The molecule has 1 rings (SSSR count). The molecular formula is C11H16FN3O2. The van der Waals surface area contributed by atoms with Crippen molar-refractivity contribution < 1.29 is 13.9 Å². The number of methoxy groups -OCH3 is 1. The van der Waals surface area contributed by atoms with Gasteiger partial charge in [0.1, 0.15) is 6.33 Å². The van der Waals surface area contributed by atoms with Crippen molar-refractivity contribution in [3.63, 3.8) is 0 Å². The molecule has 0 N–H and O–H groups in total. The molecule has 0 spiro atoms. The van der Waals surface area contributed by atoms with Crippen LogP contribution in [0.25, 0.3) is 0 Å². The number of anilines is 1. The van der Waals surface area contributed by atoms with Crippen LogP contribution in [0.3, 0.4) is 0 Å². The topological polar surface area (TPSA) is 55.3 Å². The molecule has 0 unspecified atom stereocenters. The maximum absolute atomic E-state index is 13.8. The van der Waals surface area contributed by atoms with Crippen LogP contribution in [0.2, 0.25) is 0 Å². The van der Waals surface area contributed by atoms with Gasteiger partial charge in [0, 0.05) is 13.6 Å². The van der Waals surface area contributed by atoms with Gasteiger partial charge < -0.3 is 9.64 Å². The minimum Gasteiger partial charge on any atom is -0.469 e. The van der Waals surface area contributed by atoms with Crippen molar-refractivity contribution in [1.29, 1.82) is 0 Å². The van der Waals surface area contributed by atoms with E-state index < -0.39 is 5.82 Å². The van der Waals surface area contributed by atoms with Crippen molar-refractivity contribution in [3.05, 3.63) is 17.8 Å². The number of hydrogen-bond acceptors (Lipinski definition) is 5. The van der Waals surface area contributed by atoms with E-state index in [0.29, 0.717) is 18.7 Å². The van der Waals surface area contributed by atoms with Gasteiger partial charge in [-0.15, -0.1) is 0 Å². The Bertz CT molecular complexity index is 398. The molecule has 1 aromatic rings. The Morgan fingerprint density at radius 3 is 2.82 bits per heavy atom. The molecule has 0 aliphatic heterocycles. The van der Waals surface area contributed by atoms with Crippen molar-refractivity contribution in [2.45, 2.75) is 19.8 Å². The Morgan fingerprint density at radius 1 is 1.53 bits per heavy atom. The summed E-state index contributed by atoms with van der Waals surface area (Å²) in [5, 5.41) is 0. The average molecular weight is 241 g/mol. The standard InChI is InChI=1S/C11H16FN3O2/c1-4-8-10(12)11(14-7-13-8)15(2)6-5-9(16)17-3/h7H,4-6H2,1-3H3. The van der Waals surface area contributed by atoms with Crippen LogP contribution in [0, 0.1) is 5.82 Å². The maximum Gasteiger partial charge on any atom is 0.307 e. The Kier molecular flexibility index (Phi) is 4.81. The number of ether oxygens (including phenoxy) is 1. The quantitative estimate of drug-likeness (QED) is 0.724. The van der Waals surface area contributed by atoms with E-state index in [4.69, 9.17) is 0 Å². The van der Waals surface area contributed by atoms with Gasteiger partial charge in [0.15, 0.2) is 11.6 Å². The Labute approximate surface area is 99.6 Å². The third-order valence-corrected chi connectivity index (χ3v) is 2.42. The van der Waals surface area contributed by atoms with Gasteiger partial charge in [0.2, 0.25) is 0 Å². The number of nitrogens with zero attached hydrogens (tertiary/aromatic N) is 3. The molecule has 0 amide bonds. The molecule has 0 aliphatic rings. The Hall–Kier alpha value is -1.72. The normalized spacial score (nSPS) is 10.1. The number of carbonyl (C=O) groups excluding carboxylic acids is 1. The first kappa shape index (κ1) is 13.3. The molecule has 0 saturated carbocycles. The van der Waals surface area contributed by atoms with Crippen molar-refractivity contribution >= 4 is 11.8 Å². The van der Waals surface area contributed by atoms with Crippen molar-refractivity contribution in [1.82, 2.24) is 9.97 Å². The fourth-order valence-electron chi connectivity index (χ4n) is 1.38. The van der Waals surface area contributed by atoms with E-state index in [9.17, 15) is 9.18 Å². The summed E-state index contributed by atoms with van der Waals surface area (Å²) in [4.78, 5) is 20.3. The summed E-state index contributed by atoms with van der Waals surface area (Å²) >= 11 is 0. The molecule has 0 aliphatic carbocycles. The fraction of sp³-hybridized carbons (Fsp3) is 0.545. The summed E-state index contributed by atoms with van der Waals surface area (Å²) in [7, 11) is 3.00. The Morgan fingerprint density at radius 2 is 2.24 bits per heavy atom. The molecule has 94 valence electrons. The predicted molar refractivity (Wildman–Crippen MR) is 61.3 cm³/mol. The lowest BCUT2D eigenvalue weighted by Crippen LogP contribution is -2.24. The summed E-state index contributed by atoms with van der Waals surface area (Å²) in [6, 6.07) is 0. The largest absolute Gasteiger partial charge is 0.469 e. The summed E-state index contributed by atoms with van der Waals surface area (Å²) in [6.45, 7) is 2.17. The van der Waals surface area contributed by atoms with E-state index in [-0.39, 0.29) is 18.2 Å². The van der Waals surface area contributed by atoms with E-state index in [2.05, 4.69) is 14.7 Å². The second-order valence-corrected chi connectivity index (χ2v) is 3.56. The van der Waals surface area contributed by atoms with Gasteiger partial charge in [-0.05, 0) is 6.42 Å². The summed E-state index contributed by atoms with van der Waals surface area (Å²) in [6.07, 6.45) is 2.02. The number of rotatable bonds is 5. The highest BCUT2D eigenvalue weighted by molar-refractivity contribution is 5.69. The number of aromatic nitrogens is 2. The van der Waals surface area contributed by atoms with Crippen LogP contribution in [0.4, 0.5) is 10.2 Å². The van der Waals surface area contributed by atoms with E-state index in [1.807, 2.05) is 6.92 Å². The monoisotopic (exact) mass is 241 g/mol. The molecule has 0 fully saturated rings. The zero-order chi connectivity index (χ0) is 12.8. The summed E-state index contributed by atoms with van der Waals surface area (Å²) in [5.41, 5.74) is 0.375. The molecule has 1 heterocycles. The fourth-order valence-corrected chi connectivity index (χ4v) is 1.38. The smallest absolute Gasteiger partial charge is 0.307 e. The summed E-state index contributed by atoms with van der Waals surface area (Å²) in [5.74, 6) is -0.551. The first-order valence-electron chi connectivity index (χ1n) is 5.37. The van der Waals surface area contributed by atoms with Crippen LogP contribution >= 0.6 is 0 Å². The molecule has 0 aromatic carbocycles. The second-order valence-electron chi connectivity index (χ2n) is 3.56. The van der Waals surface area contributed by atoms with Crippen LogP contribution in [0.15, 0.2) is 6.33 Å². The van der Waals surface area contributed by atoms with Crippen molar-refractivity contribution in [3.8, 4) is 0 Å². The van der Waals surface area contributed by atoms with Crippen molar-refractivity contribution in [2.24, 2.45) is 0 Å². The molecule has 17 heavy (non-hydrogen) atoms. The molecule has 5 nitrogen and oxygen atoms in total. The van der Waals surface area contributed by atoms with Gasteiger partial charge in [-0.2, -0.15) is 0 Å². The predicted octanol–water partition coefficient (Wildman–Crippen LogP) is 1.18. The highest BCUT2D eigenvalue weighted by atomic mass is 19.1. The lowest BCUT2D eigenvalue weighted by atomic mass is 10.3.